The second-order valence-corrected chi connectivity index (χ2v) is 5.16. The van der Waals surface area contributed by atoms with Gasteiger partial charge in [-0.05, 0) is 18.9 Å². The third kappa shape index (κ3) is 3.75. The number of carbonyl (C=O) groups excluding carboxylic acids is 1. The normalized spacial score (nSPS) is 21.9. The second kappa shape index (κ2) is 6.29. The fourth-order valence-electron chi connectivity index (χ4n) is 1.69. The number of rotatable bonds is 4. The van der Waals surface area contributed by atoms with Crippen LogP contribution in [0.15, 0.2) is 23.1 Å². The average Bonchev–Trinajstić information content (AvgIpc) is 2.65. The van der Waals surface area contributed by atoms with E-state index >= 15 is 0 Å². The molecule has 1 fully saturated rings. The summed E-state index contributed by atoms with van der Waals surface area (Å²) in [5.74, 6) is -1.15. The van der Waals surface area contributed by atoms with Gasteiger partial charge in [-0.15, -0.1) is 0 Å². The predicted molar refractivity (Wildman–Crippen MR) is 67.4 cm³/mol. The standard InChI is InChI=1S/C11H15F3N2O3S/c1-3-7(11(12,13)14)5-9(17)8(4-2)16-6-10(18)15-20(16)19/h5,17H,3-4,6H2,1-2H3,(H,15,18)/b7-5+,9-8-. The third-order valence-electron chi connectivity index (χ3n) is 2.68. The van der Waals surface area contributed by atoms with Crippen molar-refractivity contribution in [3.63, 3.8) is 0 Å². The fourth-order valence-corrected chi connectivity index (χ4v) is 2.71. The summed E-state index contributed by atoms with van der Waals surface area (Å²) in [6.45, 7) is 2.64. The maximum atomic E-state index is 12.6. The van der Waals surface area contributed by atoms with Gasteiger partial charge in [0.2, 0.25) is 11.2 Å². The van der Waals surface area contributed by atoms with E-state index in [1.807, 2.05) is 0 Å². The highest BCUT2D eigenvalue weighted by molar-refractivity contribution is 7.81. The Morgan fingerprint density at radius 1 is 1.45 bits per heavy atom. The molecule has 0 radical (unpaired) electrons. The average molecular weight is 312 g/mol. The lowest BCUT2D eigenvalue weighted by Gasteiger charge is -2.18. The monoisotopic (exact) mass is 312 g/mol. The van der Waals surface area contributed by atoms with Crippen LogP contribution in [0.5, 0.6) is 0 Å². The van der Waals surface area contributed by atoms with Gasteiger partial charge < -0.3 is 5.11 Å². The lowest BCUT2D eigenvalue weighted by atomic mass is 10.1. The van der Waals surface area contributed by atoms with Crippen molar-refractivity contribution in [2.45, 2.75) is 32.9 Å². The maximum Gasteiger partial charge on any atom is 0.412 e. The highest BCUT2D eigenvalue weighted by Gasteiger charge is 2.33. The molecule has 1 aliphatic rings. The summed E-state index contributed by atoms with van der Waals surface area (Å²) >= 11 is -1.87. The van der Waals surface area contributed by atoms with Crippen LogP contribution in [0.4, 0.5) is 13.2 Å². The van der Waals surface area contributed by atoms with Crippen LogP contribution in [0.2, 0.25) is 0 Å². The number of hydrogen-bond acceptors (Lipinski definition) is 3. The summed E-state index contributed by atoms with van der Waals surface area (Å²) in [7, 11) is 0. The Bertz CT molecular complexity index is 486. The number of nitrogens with zero attached hydrogens (tertiary/aromatic N) is 1. The highest BCUT2D eigenvalue weighted by Crippen LogP contribution is 2.30. The zero-order valence-electron chi connectivity index (χ0n) is 11.0. The van der Waals surface area contributed by atoms with Crippen LogP contribution in [-0.4, -0.2) is 32.2 Å². The third-order valence-corrected chi connectivity index (χ3v) is 3.83. The SMILES string of the molecule is CC/C(=C(O)\C=C(/CC)C(F)(F)F)N1CC(=O)NS1=O. The molecule has 0 bridgehead atoms. The maximum absolute atomic E-state index is 12.6. The highest BCUT2D eigenvalue weighted by atomic mass is 32.2. The molecule has 2 N–H and O–H groups in total. The number of carbonyl (C=O) groups is 1. The first-order valence-electron chi connectivity index (χ1n) is 5.89. The minimum absolute atomic E-state index is 0.0249. The first-order valence-corrected chi connectivity index (χ1v) is 7.00. The van der Waals surface area contributed by atoms with Crippen molar-refractivity contribution in [2.75, 3.05) is 6.54 Å². The minimum atomic E-state index is -4.54. The van der Waals surface area contributed by atoms with E-state index in [-0.39, 0.29) is 25.1 Å². The Labute approximate surface area is 116 Å². The van der Waals surface area contributed by atoms with E-state index in [4.69, 9.17) is 0 Å². The molecule has 0 aromatic heterocycles. The molecule has 1 aliphatic heterocycles. The van der Waals surface area contributed by atoms with Crippen LogP contribution >= 0.6 is 0 Å². The van der Waals surface area contributed by atoms with Crippen molar-refractivity contribution >= 4 is 17.1 Å². The van der Waals surface area contributed by atoms with Crippen LogP contribution < -0.4 is 4.72 Å². The summed E-state index contributed by atoms with van der Waals surface area (Å²) in [5, 5.41) is 9.83. The number of aliphatic hydroxyl groups excluding tert-OH is 1. The molecule has 1 atom stereocenters. The van der Waals surface area contributed by atoms with Crippen LogP contribution in [-0.2, 0) is 16.0 Å². The molecule has 1 unspecified atom stereocenters. The van der Waals surface area contributed by atoms with Crippen LogP contribution in [0.25, 0.3) is 0 Å². The van der Waals surface area contributed by atoms with Gasteiger partial charge in [0, 0.05) is 5.57 Å². The molecule has 1 rings (SSSR count). The molecule has 0 spiro atoms. The summed E-state index contributed by atoms with van der Waals surface area (Å²) < 4.78 is 52.6. The molecule has 1 amide bonds. The number of amides is 1. The van der Waals surface area contributed by atoms with Crippen molar-refractivity contribution in [3.05, 3.63) is 23.1 Å². The molecule has 9 heteroatoms. The largest absolute Gasteiger partial charge is 0.506 e. The Morgan fingerprint density at radius 3 is 2.40 bits per heavy atom. The molecule has 0 saturated carbocycles. The number of nitrogens with one attached hydrogen (secondary N) is 1. The Kier molecular flexibility index (Phi) is 5.21. The van der Waals surface area contributed by atoms with E-state index in [2.05, 4.69) is 4.72 Å². The van der Waals surface area contributed by atoms with Crippen molar-refractivity contribution in [2.24, 2.45) is 0 Å². The van der Waals surface area contributed by atoms with E-state index in [1.165, 1.54) is 6.92 Å². The van der Waals surface area contributed by atoms with Gasteiger partial charge in [0.25, 0.3) is 5.91 Å². The van der Waals surface area contributed by atoms with E-state index in [0.717, 1.165) is 4.31 Å². The van der Waals surface area contributed by atoms with Crippen molar-refractivity contribution in [1.29, 1.82) is 0 Å². The number of hydrogen-bond donors (Lipinski definition) is 2. The predicted octanol–water partition coefficient (Wildman–Crippen LogP) is 2.08. The molecule has 20 heavy (non-hydrogen) atoms. The first-order chi connectivity index (χ1) is 9.20. The lowest BCUT2D eigenvalue weighted by molar-refractivity contribution is -0.118. The molecule has 0 aliphatic carbocycles. The molecule has 114 valence electrons. The van der Waals surface area contributed by atoms with Gasteiger partial charge in [-0.1, -0.05) is 13.8 Å². The van der Waals surface area contributed by atoms with Gasteiger partial charge in [0.15, 0.2) is 0 Å². The van der Waals surface area contributed by atoms with E-state index < -0.39 is 34.6 Å². The number of aliphatic hydroxyl groups is 1. The van der Waals surface area contributed by atoms with Gasteiger partial charge in [-0.25, -0.2) is 4.21 Å². The Morgan fingerprint density at radius 2 is 2.05 bits per heavy atom. The van der Waals surface area contributed by atoms with Crippen molar-refractivity contribution in [3.8, 4) is 0 Å². The van der Waals surface area contributed by atoms with Crippen LogP contribution in [0.1, 0.15) is 26.7 Å². The van der Waals surface area contributed by atoms with Gasteiger partial charge in [0.05, 0.1) is 5.70 Å². The van der Waals surface area contributed by atoms with Crippen molar-refractivity contribution < 1.29 is 27.3 Å². The smallest absolute Gasteiger partial charge is 0.412 e. The summed E-state index contributed by atoms with van der Waals surface area (Å²) in [5.41, 5.74) is -0.873. The molecular formula is C11H15F3N2O3S. The van der Waals surface area contributed by atoms with Gasteiger partial charge in [-0.3, -0.25) is 13.8 Å². The topological polar surface area (TPSA) is 69.6 Å². The molecule has 1 saturated heterocycles. The number of alkyl halides is 3. The molecule has 0 aromatic carbocycles. The van der Waals surface area contributed by atoms with E-state index in [9.17, 15) is 27.3 Å². The molecule has 0 aromatic rings. The second-order valence-electron chi connectivity index (χ2n) is 4.02. The van der Waals surface area contributed by atoms with Gasteiger partial charge in [0.1, 0.15) is 12.3 Å². The Balaban J connectivity index is 3.16. The molecular weight excluding hydrogens is 297 g/mol. The first kappa shape index (κ1) is 16.5. The zero-order valence-corrected chi connectivity index (χ0v) is 11.8. The fraction of sp³-hybridized carbons (Fsp3) is 0.545. The summed E-state index contributed by atoms with van der Waals surface area (Å²) in [6, 6.07) is 0. The van der Waals surface area contributed by atoms with E-state index in [1.54, 1.807) is 6.92 Å². The zero-order chi connectivity index (χ0) is 15.5. The Hall–Kier alpha value is -1.51. The molecule has 5 nitrogen and oxygen atoms in total. The molecule has 1 heterocycles. The van der Waals surface area contributed by atoms with Crippen molar-refractivity contribution in [1.82, 2.24) is 9.03 Å². The van der Waals surface area contributed by atoms with Gasteiger partial charge in [-0.2, -0.15) is 13.2 Å². The van der Waals surface area contributed by atoms with Crippen LogP contribution in [0, 0.1) is 0 Å². The number of allylic oxidation sites excluding steroid dienone is 3. The summed E-state index contributed by atoms with van der Waals surface area (Å²) in [6.07, 6.45) is -4.10. The van der Waals surface area contributed by atoms with E-state index in [0.29, 0.717) is 6.08 Å². The quantitative estimate of drug-likeness (QED) is 0.617. The number of halogens is 3. The lowest BCUT2D eigenvalue weighted by Crippen LogP contribution is -2.24. The van der Waals surface area contributed by atoms with Crippen LogP contribution in [0.3, 0.4) is 0 Å². The van der Waals surface area contributed by atoms with Gasteiger partial charge >= 0.3 is 6.18 Å². The minimum Gasteiger partial charge on any atom is -0.506 e. The summed E-state index contributed by atoms with van der Waals surface area (Å²) in [4.78, 5) is 11.1.